The fraction of sp³-hybridized carbons (Fsp3) is 0.167. The van der Waals surface area contributed by atoms with Crippen molar-refractivity contribution >= 4 is 27.8 Å². The van der Waals surface area contributed by atoms with Gasteiger partial charge in [0.15, 0.2) is 11.5 Å². The van der Waals surface area contributed by atoms with E-state index >= 15 is 0 Å². The van der Waals surface area contributed by atoms with E-state index in [0.717, 1.165) is 4.47 Å². The molecule has 2 aromatic rings. The minimum absolute atomic E-state index is 0.00538. The molecule has 1 N–H and O–H groups in total. The summed E-state index contributed by atoms with van der Waals surface area (Å²) < 4.78 is 11.2. The van der Waals surface area contributed by atoms with Gasteiger partial charge >= 0.3 is 5.97 Å². The summed E-state index contributed by atoms with van der Waals surface area (Å²) in [4.78, 5) is 23.8. The number of benzene rings is 2. The number of methoxy groups -OCH3 is 1. The second-order valence-electron chi connectivity index (χ2n) is 4.96. The molecule has 0 saturated carbocycles. The number of esters is 1. The van der Waals surface area contributed by atoms with Gasteiger partial charge in [-0.25, -0.2) is 0 Å². The lowest BCUT2D eigenvalue weighted by molar-refractivity contribution is -0.134. The highest BCUT2D eigenvalue weighted by Crippen LogP contribution is 2.28. The number of nitrogens with zero attached hydrogens (tertiary/aromatic N) is 1. The number of nitriles is 1. The molecule has 25 heavy (non-hydrogen) atoms. The van der Waals surface area contributed by atoms with Crippen molar-refractivity contribution < 1.29 is 19.1 Å². The number of ether oxygens (including phenoxy) is 2. The van der Waals surface area contributed by atoms with E-state index < -0.39 is 5.97 Å². The molecule has 0 saturated heterocycles. The molecule has 0 heterocycles. The van der Waals surface area contributed by atoms with Crippen molar-refractivity contribution in [3.8, 4) is 17.6 Å². The first-order valence-electron chi connectivity index (χ1n) is 7.36. The van der Waals surface area contributed by atoms with Crippen molar-refractivity contribution in [2.45, 2.75) is 6.42 Å². The Bertz CT molecular complexity index is 813. The molecule has 0 aliphatic rings. The zero-order chi connectivity index (χ0) is 18.2. The van der Waals surface area contributed by atoms with Crippen LogP contribution in [0.3, 0.4) is 0 Å². The van der Waals surface area contributed by atoms with Crippen molar-refractivity contribution in [2.24, 2.45) is 0 Å². The van der Waals surface area contributed by atoms with Crippen LogP contribution < -0.4 is 14.8 Å². The van der Waals surface area contributed by atoms with Crippen LogP contribution in [0, 0.1) is 11.3 Å². The molecular formula is C18H15BrN2O4. The van der Waals surface area contributed by atoms with Gasteiger partial charge in [0.2, 0.25) is 0 Å². The lowest BCUT2D eigenvalue weighted by Crippen LogP contribution is -2.27. The standard InChI is InChI=1S/C18H15BrN2O4/c1-24-16-10-12(11-20)2-7-15(16)25-17(22)8-9-21-18(23)13-3-5-14(19)6-4-13/h2-7,10H,8-9H2,1H3,(H,21,23). The molecular weight excluding hydrogens is 388 g/mol. The summed E-state index contributed by atoms with van der Waals surface area (Å²) in [6.07, 6.45) is 0.00538. The van der Waals surface area contributed by atoms with E-state index in [0.29, 0.717) is 16.9 Å². The zero-order valence-corrected chi connectivity index (χ0v) is 15.0. The topological polar surface area (TPSA) is 88.4 Å². The van der Waals surface area contributed by atoms with E-state index in [-0.39, 0.29) is 24.6 Å². The Morgan fingerprint density at radius 2 is 1.88 bits per heavy atom. The molecule has 0 unspecified atom stereocenters. The van der Waals surface area contributed by atoms with Gasteiger partial charge in [0.1, 0.15) is 0 Å². The maximum Gasteiger partial charge on any atom is 0.313 e. The first kappa shape index (κ1) is 18.5. The number of hydrogen-bond donors (Lipinski definition) is 1. The Balaban J connectivity index is 1.86. The van der Waals surface area contributed by atoms with Crippen LogP contribution in [0.2, 0.25) is 0 Å². The van der Waals surface area contributed by atoms with Crippen LogP contribution in [0.25, 0.3) is 0 Å². The van der Waals surface area contributed by atoms with Crippen LogP contribution in [0.1, 0.15) is 22.3 Å². The predicted molar refractivity (Wildman–Crippen MR) is 94.4 cm³/mol. The van der Waals surface area contributed by atoms with Gasteiger partial charge in [0.25, 0.3) is 5.91 Å². The Hall–Kier alpha value is -2.85. The highest BCUT2D eigenvalue weighted by molar-refractivity contribution is 9.10. The molecule has 0 bridgehead atoms. The van der Waals surface area contributed by atoms with E-state index in [2.05, 4.69) is 21.2 Å². The van der Waals surface area contributed by atoms with E-state index in [4.69, 9.17) is 14.7 Å². The highest BCUT2D eigenvalue weighted by atomic mass is 79.9. The van der Waals surface area contributed by atoms with Crippen LogP contribution >= 0.6 is 15.9 Å². The Morgan fingerprint density at radius 1 is 1.16 bits per heavy atom. The normalized spacial score (nSPS) is 9.80. The molecule has 0 radical (unpaired) electrons. The van der Waals surface area contributed by atoms with Gasteiger partial charge in [-0.2, -0.15) is 5.26 Å². The number of carbonyl (C=O) groups excluding carboxylic acids is 2. The lowest BCUT2D eigenvalue weighted by atomic mass is 10.2. The lowest BCUT2D eigenvalue weighted by Gasteiger charge is -2.10. The summed E-state index contributed by atoms with van der Waals surface area (Å²) in [6.45, 7) is 0.145. The van der Waals surface area contributed by atoms with Gasteiger partial charge in [0, 0.05) is 22.6 Å². The minimum atomic E-state index is -0.515. The zero-order valence-electron chi connectivity index (χ0n) is 13.4. The van der Waals surface area contributed by atoms with Gasteiger partial charge in [0.05, 0.1) is 25.2 Å². The van der Waals surface area contributed by atoms with Crippen molar-refractivity contribution in [2.75, 3.05) is 13.7 Å². The largest absolute Gasteiger partial charge is 0.493 e. The smallest absolute Gasteiger partial charge is 0.313 e. The number of halogens is 1. The van der Waals surface area contributed by atoms with Crippen LogP contribution in [-0.2, 0) is 4.79 Å². The van der Waals surface area contributed by atoms with Crippen LogP contribution in [0.5, 0.6) is 11.5 Å². The third-order valence-electron chi connectivity index (χ3n) is 3.24. The molecule has 7 heteroatoms. The van der Waals surface area contributed by atoms with Gasteiger partial charge in [-0.15, -0.1) is 0 Å². The first-order valence-corrected chi connectivity index (χ1v) is 8.15. The van der Waals surface area contributed by atoms with Crippen LogP contribution in [0.15, 0.2) is 46.9 Å². The molecule has 6 nitrogen and oxygen atoms in total. The number of nitrogens with one attached hydrogen (secondary N) is 1. The molecule has 2 aromatic carbocycles. The molecule has 2 rings (SSSR count). The molecule has 0 aliphatic carbocycles. The van der Waals surface area contributed by atoms with Crippen molar-refractivity contribution in [1.82, 2.24) is 5.32 Å². The molecule has 0 atom stereocenters. The molecule has 1 amide bonds. The van der Waals surface area contributed by atoms with Crippen molar-refractivity contribution in [3.05, 3.63) is 58.1 Å². The average molecular weight is 403 g/mol. The summed E-state index contributed by atoms with van der Waals surface area (Å²) in [5, 5.41) is 11.5. The highest BCUT2D eigenvalue weighted by Gasteiger charge is 2.12. The third kappa shape index (κ3) is 5.33. The van der Waals surface area contributed by atoms with E-state index in [1.165, 1.54) is 25.3 Å². The summed E-state index contributed by atoms with van der Waals surface area (Å²) >= 11 is 3.30. The molecule has 0 spiro atoms. The van der Waals surface area contributed by atoms with Gasteiger partial charge in [-0.05, 0) is 36.4 Å². The quantitative estimate of drug-likeness (QED) is 0.592. The predicted octanol–water partition coefficient (Wildman–Crippen LogP) is 3.05. The molecule has 0 aromatic heterocycles. The van der Waals surface area contributed by atoms with E-state index in [9.17, 15) is 9.59 Å². The van der Waals surface area contributed by atoms with Gasteiger partial charge < -0.3 is 14.8 Å². The van der Waals surface area contributed by atoms with Crippen molar-refractivity contribution in [1.29, 1.82) is 5.26 Å². The number of carbonyl (C=O) groups is 2. The summed E-state index contributed by atoms with van der Waals surface area (Å²) in [6, 6.07) is 13.4. The first-order chi connectivity index (χ1) is 12.0. The summed E-state index contributed by atoms with van der Waals surface area (Å²) in [7, 11) is 1.42. The van der Waals surface area contributed by atoms with Crippen molar-refractivity contribution in [3.63, 3.8) is 0 Å². The maximum absolute atomic E-state index is 11.9. The number of hydrogen-bond acceptors (Lipinski definition) is 5. The van der Waals surface area contributed by atoms with E-state index in [1.54, 1.807) is 24.3 Å². The fourth-order valence-electron chi connectivity index (χ4n) is 1.98. The second-order valence-corrected chi connectivity index (χ2v) is 5.88. The second kappa shape index (κ2) is 8.85. The number of rotatable bonds is 6. The fourth-order valence-corrected chi connectivity index (χ4v) is 2.24. The molecule has 0 aliphatic heterocycles. The Morgan fingerprint density at radius 3 is 2.52 bits per heavy atom. The monoisotopic (exact) mass is 402 g/mol. The summed E-state index contributed by atoms with van der Waals surface area (Å²) in [5.74, 6) is -0.257. The molecule has 128 valence electrons. The van der Waals surface area contributed by atoms with Gasteiger partial charge in [-0.3, -0.25) is 9.59 Å². The van der Waals surface area contributed by atoms with Crippen LogP contribution in [0.4, 0.5) is 0 Å². The average Bonchev–Trinajstić information content (AvgIpc) is 2.62. The Kier molecular flexibility index (Phi) is 6.54. The van der Waals surface area contributed by atoms with E-state index in [1.807, 2.05) is 6.07 Å². The number of amides is 1. The third-order valence-corrected chi connectivity index (χ3v) is 3.77. The van der Waals surface area contributed by atoms with Gasteiger partial charge in [-0.1, -0.05) is 15.9 Å². The molecule has 0 fully saturated rings. The summed E-state index contributed by atoms with van der Waals surface area (Å²) in [5.41, 5.74) is 0.906. The SMILES string of the molecule is COc1cc(C#N)ccc1OC(=O)CCNC(=O)c1ccc(Br)cc1. The minimum Gasteiger partial charge on any atom is -0.493 e. The Labute approximate surface area is 153 Å². The van der Waals surface area contributed by atoms with Crippen LogP contribution in [-0.4, -0.2) is 25.5 Å². The maximum atomic E-state index is 11.9.